The van der Waals surface area contributed by atoms with Crippen molar-refractivity contribution in [3.63, 3.8) is 0 Å². The van der Waals surface area contributed by atoms with E-state index in [0.717, 1.165) is 0 Å². The Balaban J connectivity index is 0.000000144. The smallest absolute Gasteiger partial charge is 0.00923 e. The molecule has 0 heteroatoms. The van der Waals surface area contributed by atoms with Crippen molar-refractivity contribution < 1.29 is 0 Å². The van der Waals surface area contributed by atoms with E-state index in [4.69, 9.17) is 0 Å². The first-order valence-electron chi connectivity index (χ1n) is 32.0. The number of hydrogen-bond acceptors (Lipinski definition) is 0. The summed E-state index contributed by atoms with van der Waals surface area (Å²) >= 11 is 0. The van der Waals surface area contributed by atoms with Crippen LogP contribution in [0.2, 0.25) is 0 Å². The van der Waals surface area contributed by atoms with Gasteiger partial charge in [0.2, 0.25) is 0 Å². The Morgan fingerprint density at radius 2 is 0.283 bits per heavy atom. The molecule has 426 valence electrons. The molecule has 19 aromatic rings. The van der Waals surface area contributed by atoms with E-state index in [2.05, 4.69) is 352 Å². The van der Waals surface area contributed by atoms with Crippen LogP contribution in [-0.4, -0.2) is 0 Å². The molecular formula is C92H58. The molecule has 0 fully saturated rings. The van der Waals surface area contributed by atoms with Crippen molar-refractivity contribution in [3.05, 3.63) is 352 Å². The van der Waals surface area contributed by atoms with Crippen LogP contribution in [-0.2, 0) is 0 Å². The lowest BCUT2D eigenvalue weighted by Crippen LogP contribution is -1.90. The molecule has 0 unspecified atom stereocenters. The van der Waals surface area contributed by atoms with Crippen molar-refractivity contribution in [2.24, 2.45) is 0 Å². The Morgan fingerprint density at radius 1 is 0.0978 bits per heavy atom. The zero-order valence-electron chi connectivity index (χ0n) is 50.5. The van der Waals surface area contributed by atoms with Gasteiger partial charge in [-0.1, -0.05) is 303 Å². The number of rotatable bonds is 6. The first-order valence-corrected chi connectivity index (χ1v) is 32.0. The Hall–Kier alpha value is -12.0. The van der Waals surface area contributed by atoms with Gasteiger partial charge in [0.25, 0.3) is 0 Å². The van der Waals surface area contributed by atoms with Crippen LogP contribution in [0.4, 0.5) is 0 Å². The van der Waals surface area contributed by atoms with E-state index in [-0.39, 0.29) is 0 Å². The topological polar surface area (TPSA) is 0 Å². The van der Waals surface area contributed by atoms with E-state index < -0.39 is 0 Å². The maximum atomic E-state index is 2.42. The van der Waals surface area contributed by atoms with Gasteiger partial charge in [-0.15, -0.1) is 0 Å². The molecule has 0 N–H and O–H groups in total. The van der Waals surface area contributed by atoms with E-state index in [1.54, 1.807) is 0 Å². The van der Waals surface area contributed by atoms with Crippen LogP contribution in [0.5, 0.6) is 0 Å². The Bertz CT molecular complexity index is 5780. The van der Waals surface area contributed by atoms with Crippen LogP contribution >= 0.6 is 0 Å². The third-order valence-electron chi connectivity index (χ3n) is 19.4. The summed E-state index contributed by atoms with van der Waals surface area (Å²) in [4.78, 5) is 0. The number of benzene rings is 19. The minimum absolute atomic E-state index is 1.22. The first kappa shape index (κ1) is 53.1. The number of fused-ring (bicyclic) bond motifs is 17. The van der Waals surface area contributed by atoms with E-state index in [0.29, 0.717) is 0 Å². The van der Waals surface area contributed by atoms with Gasteiger partial charge in [-0.2, -0.15) is 0 Å². The summed E-state index contributed by atoms with van der Waals surface area (Å²) in [6.07, 6.45) is 0. The fourth-order valence-corrected chi connectivity index (χ4v) is 15.1. The van der Waals surface area contributed by atoms with Crippen molar-refractivity contribution in [2.75, 3.05) is 0 Å². The van der Waals surface area contributed by atoms with Gasteiger partial charge in [0, 0.05) is 0 Å². The lowest BCUT2D eigenvalue weighted by atomic mass is 9.86. The summed E-state index contributed by atoms with van der Waals surface area (Å²) in [5.41, 5.74) is 15.0. The third-order valence-corrected chi connectivity index (χ3v) is 19.4. The van der Waals surface area contributed by atoms with Crippen molar-refractivity contribution in [3.8, 4) is 66.8 Å². The Kier molecular flexibility index (Phi) is 12.7. The normalized spacial score (nSPS) is 11.7. The summed E-state index contributed by atoms with van der Waals surface area (Å²) < 4.78 is 0. The van der Waals surface area contributed by atoms with Crippen LogP contribution in [0.1, 0.15) is 0 Å². The Labute approximate surface area is 533 Å². The third kappa shape index (κ3) is 8.91. The number of hydrogen-bond donors (Lipinski definition) is 0. The van der Waals surface area contributed by atoms with Gasteiger partial charge in [-0.05, 0) is 234 Å². The predicted octanol–water partition coefficient (Wildman–Crippen LogP) is 26.1. The summed E-state index contributed by atoms with van der Waals surface area (Å²) in [6.45, 7) is 0. The van der Waals surface area contributed by atoms with E-state index in [1.165, 1.54) is 185 Å². The lowest BCUT2D eigenvalue weighted by Gasteiger charge is -2.17. The van der Waals surface area contributed by atoms with Gasteiger partial charge in [0.1, 0.15) is 0 Å². The molecule has 19 aromatic carbocycles. The van der Waals surface area contributed by atoms with Crippen LogP contribution in [0, 0.1) is 0 Å². The second-order valence-electron chi connectivity index (χ2n) is 24.5. The van der Waals surface area contributed by atoms with Gasteiger partial charge < -0.3 is 0 Å². The highest BCUT2D eigenvalue weighted by Gasteiger charge is 2.19. The van der Waals surface area contributed by atoms with Gasteiger partial charge in [0.15, 0.2) is 0 Å². The predicted molar refractivity (Wildman–Crippen MR) is 398 cm³/mol. The zero-order chi connectivity index (χ0) is 60.6. The lowest BCUT2D eigenvalue weighted by molar-refractivity contribution is 1.64. The molecule has 0 atom stereocenters. The van der Waals surface area contributed by atoms with Gasteiger partial charge in [0.05, 0.1) is 0 Å². The summed E-state index contributed by atoms with van der Waals surface area (Å²) in [5, 5.41) is 28.2. The van der Waals surface area contributed by atoms with Gasteiger partial charge >= 0.3 is 0 Å². The van der Waals surface area contributed by atoms with Gasteiger partial charge in [-0.3, -0.25) is 0 Å². The minimum Gasteiger partial charge on any atom is -0.0622 e. The van der Waals surface area contributed by atoms with Crippen LogP contribution < -0.4 is 0 Å². The fourth-order valence-electron chi connectivity index (χ4n) is 15.1. The summed E-state index contributed by atoms with van der Waals surface area (Å²) in [7, 11) is 0. The summed E-state index contributed by atoms with van der Waals surface area (Å²) in [5.74, 6) is 0. The highest BCUT2D eigenvalue weighted by molar-refractivity contribution is 6.27. The average molecular weight is 1160 g/mol. The molecule has 0 amide bonds. The molecule has 0 radical (unpaired) electrons. The maximum Gasteiger partial charge on any atom is -0.00923 e. The first-order chi connectivity index (χ1) is 45.6. The van der Waals surface area contributed by atoms with Crippen molar-refractivity contribution in [2.45, 2.75) is 0 Å². The molecule has 0 aliphatic carbocycles. The largest absolute Gasteiger partial charge is 0.0622 e. The summed E-state index contributed by atoms with van der Waals surface area (Å²) in [6, 6.07) is 129. The molecule has 92 heavy (non-hydrogen) atoms. The van der Waals surface area contributed by atoms with Crippen LogP contribution in [0.25, 0.3) is 185 Å². The van der Waals surface area contributed by atoms with Gasteiger partial charge in [-0.25, -0.2) is 0 Å². The van der Waals surface area contributed by atoms with Crippen molar-refractivity contribution in [1.29, 1.82) is 0 Å². The Morgan fingerprint density at radius 3 is 0.543 bits per heavy atom. The zero-order valence-corrected chi connectivity index (χ0v) is 50.5. The molecule has 0 aliphatic heterocycles. The molecule has 0 heterocycles. The van der Waals surface area contributed by atoms with E-state index >= 15 is 0 Å². The van der Waals surface area contributed by atoms with E-state index in [1.807, 2.05) is 0 Å². The van der Waals surface area contributed by atoms with Crippen LogP contribution in [0.15, 0.2) is 352 Å². The SMILES string of the molecule is c1ccc(-c2cc3c4ccccc4c(-c4ccc(-c5cc6c7ccccc7c(-c7ccccc7)cc6c6ccccc56)cc4)cc3c3ccccc23)cc1.c1ccc2cc(-c3cc4c5ccccc5c(-c5ccc6ccccc6c5)cc4c4ccccc34)ccc2c1. The molecule has 0 aromatic heterocycles. The molecule has 0 saturated carbocycles. The molecule has 0 saturated heterocycles. The van der Waals surface area contributed by atoms with E-state index in [9.17, 15) is 0 Å². The monoisotopic (exact) mass is 1160 g/mol. The highest BCUT2D eigenvalue weighted by Crippen LogP contribution is 2.47. The molecule has 0 spiro atoms. The maximum absolute atomic E-state index is 2.42. The molecule has 0 aliphatic rings. The minimum atomic E-state index is 1.22. The van der Waals surface area contributed by atoms with Crippen molar-refractivity contribution in [1.82, 2.24) is 0 Å². The molecule has 19 rings (SSSR count). The fraction of sp³-hybridized carbons (Fsp3) is 0. The highest BCUT2D eigenvalue weighted by atomic mass is 14.2. The quantitative estimate of drug-likeness (QED) is 0.146. The van der Waals surface area contributed by atoms with Crippen molar-refractivity contribution >= 4 is 118 Å². The standard InChI is InChI=1S/C54H34.C38H24/c1-3-15-35(16-4-1)47-31-51-45-25-13-9-21-41(45)49(33-53(51)43-23-11-7-19-39(43)47)37-27-29-38(30-28-37)50-34-54-44-24-12-8-20-40(44)48(36-17-5-2-6-18-36)32-52(54)46-26-14-10-22-42(46)50;1-3-11-27-21-29(19-17-25(27)9-1)35-23-37-34-16-8-6-14-32(34)36(24-38(37)33-15-7-5-13-31(33)35)30-20-18-26-10-2-4-12-28(26)22-30/h1-34H;1-24H. The van der Waals surface area contributed by atoms with Crippen LogP contribution in [0.3, 0.4) is 0 Å². The second kappa shape index (κ2) is 22.0. The molecule has 0 nitrogen and oxygen atoms in total. The second-order valence-corrected chi connectivity index (χ2v) is 24.5. The molecular weight excluding hydrogens is 1110 g/mol. The average Bonchev–Trinajstić information content (AvgIpc) is 0.754. The molecule has 0 bridgehead atoms.